The summed E-state index contributed by atoms with van der Waals surface area (Å²) in [6.07, 6.45) is 19.2. The number of nitrogens with zero attached hydrogens (tertiary/aromatic N) is 1. The first kappa shape index (κ1) is 35.3. The first-order valence-corrected chi connectivity index (χ1v) is 16.1. The summed E-state index contributed by atoms with van der Waals surface area (Å²) in [6.45, 7) is 3.15. The number of hydrogen-bond acceptors (Lipinski definition) is 5. The summed E-state index contributed by atoms with van der Waals surface area (Å²) in [5.41, 5.74) is 0.807. The Hall–Kier alpha value is -2.75. The van der Waals surface area contributed by atoms with Crippen LogP contribution >= 0.6 is 0 Å². The van der Waals surface area contributed by atoms with Gasteiger partial charge in [-0.1, -0.05) is 109 Å². The van der Waals surface area contributed by atoms with Crippen LogP contribution in [-0.2, 0) is 10.0 Å². The minimum atomic E-state index is -3.71. The zero-order valence-corrected chi connectivity index (χ0v) is 25.1. The Morgan fingerprint density at radius 2 is 1.18 bits per heavy atom. The summed E-state index contributed by atoms with van der Waals surface area (Å²) in [6, 6.07) is 14.3. The van der Waals surface area contributed by atoms with Gasteiger partial charge < -0.3 is 10.0 Å². The van der Waals surface area contributed by atoms with Crippen molar-refractivity contribution < 1.29 is 23.1 Å². The summed E-state index contributed by atoms with van der Waals surface area (Å²) in [5, 5.41) is 8.55. The van der Waals surface area contributed by atoms with Crippen LogP contribution in [0.25, 0.3) is 0 Å². The molecule has 0 aromatic heterocycles. The predicted octanol–water partition coefficient (Wildman–Crippen LogP) is 6.78. The molecule has 0 unspecified atom stereocenters. The number of carboxylic acids is 1. The maximum absolute atomic E-state index is 12.2. The molecular formula is C31H49N3O5S. The Balaban J connectivity index is 0.000000479. The average molecular weight is 576 g/mol. The van der Waals surface area contributed by atoms with Gasteiger partial charge in [-0.3, -0.25) is 10.6 Å². The molecule has 0 saturated heterocycles. The van der Waals surface area contributed by atoms with Gasteiger partial charge >= 0.3 is 5.97 Å². The third-order valence-electron chi connectivity index (χ3n) is 6.78. The van der Waals surface area contributed by atoms with Crippen molar-refractivity contribution in [3.63, 3.8) is 0 Å². The van der Waals surface area contributed by atoms with Crippen LogP contribution in [0.4, 0.5) is 0 Å². The average Bonchev–Trinajstić information content (AvgIpc) is 2.97. The third-order valence-corrected chi connectivity index (χ3v) is 7.98. The monoisotopic (exact) mass is 575 g/mol. The Labute approximate surface area is 241 Å². The van der Waals surface area contributed by atoms with Crippen LogP contribution in [0.5, 0.6) is 0 Å². The molecule has 0 aliphatic heterocycles. The number of carbonyl (C=O) groups is 2. The number of rotatable bonds is 19. The van der Waals surface area contributed by atoms with E-state index in [1.54, 1.807) is 4.83 Å². The second-order valence-corrected chi connectivity index (χ2v) is 11.9. The van der Waals surface area contributed by atoms with E-state index >= 15 is 0 Å². The summed E-state index contributed by atoms with van der Waals surface area (Å²) in [7, 11) is -1.79. The summed E-state index contributed by atoms with van der Waals surface area (Å²) >= 11 is 0. The number of benzene rings is 2. The molecule has 1 amide bonds. The maximum atomic E-state index is 12.2. The highest BCUT2D eigenvalue weighted by Gasteiger charge is 2.12. The van der Waals surface area contributed by atoms with Crippen LogP contribution in [-0.4, -0.2) is 43.9 Å². The molecule has 2 rings (SSSR count). The first-order valence-electron chi connectivity index (χ1n) is 14.6. The van der Waals surface area contributed by atoms with Crippen molar-refractivity contribution in [3.8, 4) is 0 Å². The van der Waals surface area contributed by atoms with E-state index in [-0.39, 0.29) is 16.4 Å². The van der Waals surface area contributed by atoms with Gasteiger partial charge in [0.05, 0.1) is 10.5 Å². The van der Waals surface area contributed by atoms with Crippen LogP contribution in [0.1, 0.15) is 118 Å². The molecule has 2 aromatic rings. The van der Waals surface area contributed by atoms with Gasteiger partial charge in [-0.15, -0.1) is 0 Å². The molecular weight excluding hydrogens is 526 g/mol. The number of unbranched alkanes of at least 4 members (excludes halogenated alkanes) is 13. The normalized spacial score (nSPS) is 11.0. The lowest BCUT2D eigenvalue weighted by Crippen LogP contribution is -2.30. The van der Waals surface area contributed by atoms with Crippen LogP contribution in [0.3, 0.4) is 0 Å². The number of nitrogens with one attached hydrogen (secondary N) is 1. The number of hydrazine groups is 1. The van der Waals surface area contributed by atoms with E-state index in [1.807, 2.05) is 42.3 Å². The van der Waals surface area contributed by atoms with E-state index in [0.29, 0.717) is 0 Å². The lowest BCUT2D eigenvalue weighted by atomic mass is 10.0. The molecule has 0 radical (unpaired) electrons. The Morgan fingerprint density at radius 1 is 0.725 bits per heavy atom. The Kier molecular flexibility index (Phi) is 18.6. The maximum Gasteiger partial charge on any atom is 0.335 e. The van der Waals surface area contributed by atoms with Crippen molar-refractivity contribution in [3.05, 3.63) is 65.7 Å². The van der Waals surface area contributed by atoms with Crippen molar-refractivity contribution in [2.45, 2.75) is 102 Å². The van der Waals surface area contributed by atoms with Crippen LogP contribution in [0.2, 0.25) is 0 Å². The van der Waals surface area contributed by atoms with Gasteiger partial charge in [0, 0.05) is 19.2 Å². The van der Waals surface area contributed by atoms with Crippen LogP contribution in [0.15, 0.2) is 59.5 Å². The van der Waals surface area contributed by atoms with E-state index in [0.717, 1.165) is 18.5 Å². The molecule has 0 fully saturated rings. The molecule has 9 heteroatoms. The van der Waals surface area contributed by atoms with Crippen LogP contribution in [0, 0.1) is 0 Å². The smallest absolute Gasteiger partial charge is 0.335 e. The fraction of sp³-hybridized carbons (Fsp3) is 0.548. The highest BCUT2D eigenvalue weighted by Crippen LogP contribution is 2.13. The molecule has 0 spiro atoms. The van der Waals surface area contributed by atoms with Crippen molar-refractivity contribution in [2.75, 3.05) is 13.6 Å². The van der Waals surface area contributed by atoms with E-state index in [2.05, 4.69) is 6.92 Å². The molecule has 8 nitrogen and oxygen atoms in total. The quantitative estimate of drug-likeness (QED) is 0.0962. The molecule has 0 atom stereocenters. The fourth-order valence-electron chi connectivity index (χ4n) is 4.29. The van der Waals surface area contributed by atoms with Gasteiger partial charge in [0.1, 0.15) is 0 Å². The molecule has 0 aliphatic carbocycles. The Bertz CT molecular complexity index is 1060. The predicted molar refractivity (Wildman–Crippen MR) is 162 cm³/mol. The van der Waals surface area contributed by atoms with Gasteiger partial charge in [-0.05, 0) is 42.8 Å². The molecule has 4 N–H and O–H groups in total. The minimum absolute atomic E-state index is 0.0148. The number of aromatic carboxylic acids is 1. The van der Waals surface area contributed by atoms with E-state index in [9.17, 15) is 18.0 Å². The third kappa shape index (κ3) is 15.1. The van der Waals surface area contributed by atoms with Gasteiger partial charge in [-0.2, -0.15) is 4.83 Å². The largest absolute Gasteiger partial charge is 0.478 e. The molecule has 40 heavy (non-hydrogen) atoms. The summed E-state index contributed by atoms with van der Waals surface area (Å²) < 4.78 is 22.2. The number of carbonyl (C=O) groups excluding carboxylic acids is 1. The first-order chi connectivity index (χ1) is 19.2. The zero-order chi connectivity index (χ0) is 29.6. The molecule has 0 aliphatic rings. The van der Waals surface area contributed by atoms with Crippen molar-refractivity contribution in [1.82, 2.24) is 9.73 Å². The lowest BCUT2D eigenvalue weighted by molar-refractivity contribution is 0.0696. The number of sulfonamides is 1. The van der Waals surface area contributed by atoms with Gasteiger partial charge in [0.2, 0.25) is 0 Å². The van der Waals surface area contributed by atoms with E-state index < -0.39 is 16.0 Å². The highest BCUT2D eigenvalue weighted by molar-refractivity contribution is 7.89. The highest BCUT2D eigenvalue weighted by atomic mass is 32.2. The SMILES string of the molecule is CCCCCCCCCCCCCCCCN(C)C(=O)c1ccccc1.NNS(=O)(=O)c1ccc(C(=O)O)cc1. The molecule has 0 heterocycles. The number of hydrogen-bond donors (Lipinski definition) is 3. The van der Waals surface area contributed by atoms with E-state index in [1.165, 1.54) is 108 Å². The lowest BCUT2D eigenvalue weighted by Gasteiger charge is -2.17. The summed E-state index contributed by atoms with van der Waals surface area (Å²) in [5.74, 6) is 3.80. The number of carboxylic acid groups (broad SMARTS) is 1. The second kappa shape index (κ2) is 21.1. The summed E-state index contributed by atoms with van der Waals surface area (Å²) in [4.78, 5) is 26.1. The van der Waals surface area contributed by atoms with Crippen LogP contribution < -0.4 is 10.7 Å². The molecule has 2 aromatic carbocycles. The van der Waals surface area contributed by atoms with Crippen molar-refractivity contribution in [2.24, 2.45) is 5.84 Å². The Morgan fingerprint density at radius 3 is 1.60 bits per heavy atom. The van der Waals surface area contributed by atoms with Gasteiger partial charge in [0.25, 0.3) is 15.9 Å². The van der Waals surface area contributed by atoms with Crippen molar-refractivity contribution in [1.29, 1.82) is 0 Å². The number of amides is 1. The standard InChI is InChI=1S/C24H41NO.C7H8N2O4S/c1-3-4-5-6-7-8-9-10-11-12-13-14-15-19-22-25(2)24(26)23-20-17-16-18-21-23;8-9-14(12,13)6-3-1-5(2-4-6)7(10)11/h16-18,20-21H,3-15,19,22H2,1-2H3;1-4,9H,8H2,(H,10,11). The second-order valence-electron chi connectivity index (χ2n) is 10.1. The minimum Gasteiger partial charge on any atom is -0.478 e. The molecule has 0 saturated carbocycles. The van der Waals surface area contributed by atoms with E-state index in [4.69, 9.17) is 10.9 Å². The molecule has 0 bridgehead atoms. The van der Waals surface area contributed by atoms with Crippen molar-refractivity contribution >= 4 is 21.9 Å². The topological polar surface area (TPSA) is 130 Å². The zero-order valence-electron chi connectivity index (χ0n) is 24.3. The molecule has 224 valence electrons. The fourth-order valence-corrected chi connectivity index (χ4v) is 4.92. The van der Waals surface area contributed by atoms with Gasteiger partial charge in [-0.25, -0.2) is 13.2 Å². The van der Waals surface area contributed by atoms with Gasteiger partial charge in [0.15, 0.2) is 0 Å². The number of nitrogens with two attached hydrogens (primary N) is 1.